The van der Waals surface area contributed by atoms with Crippen LogP contribution >= 0.6 is 11.6 Å². The number of Topliss-reactive ketones (excluding diaryl/α,β-unsaturated/α-hetero) is 2. The highest BCUT2D eigenvalue weighted by Gasteiger charge is 2.59. The van der Waals surface area contributed by atoms with E-state index < -0.39 is 17.7 Å². The van der Waals surface area contributed by atoms with Crippen LogP contribution in [-0.2, 0) is 22.2 Å². The second-order valence-corrected chi connectivity index (χ2v) is 9.83. The van der Waals surface area contributed by atoms with Crippen LogP contribution in [0.5, 0.6) is 0 Å². The van der Waals surface area contributed by atoms with E-state index >= 15 is 0 Å². The first kappa shape index (κ1) is 21.7. The van der Waals surface area contributed by atoms with Crippen LogP contribution in [0.4, 0.5) is 13.2 Å². The summed E-state index contributed by atoms with van der Waals surface area (Å²) < 4.78 is 40.1. The second-order valence-electron chi connectivity index (χ2n) is 9.42. The van der Waals surface area contributed by atoms with Gasteiger partial charge in [-0.1, -0.05) is 36.7 Å². The van der Waals surface area contributed by atoms with Gasteiger partial charge < -0.3 is 0 Å². The molecule has 0 heterocycles. The molecule has 32 heavy (non-hydrogen) atoms. The third kappa shape index (κ3) is 3.32. The molecule has 4 aliphatic rings. The molecule has 2 aromatic rings. The Morgan fingerprint density at radius 1 is 0.875 bits per heavy atom. The van der Waals surface area contributed by atoms with Crippen LogP contribution in [0.1, 0.15) is 55.2 Å². The summed E-state index contributed by atoms with van der Waals surface area (Å²) in [6, 6.07) is 9.16. The lowest BCUT2D eigenvalue weighted by Crippen LogP contribution is -2.41. The zero-order valence-electron chi connectivity index (χ0n) is 17.7. The average molecular weight is 461 g/mol. The molecule has 2 nitrogen and oxygen atoms in total. The molecule has 0 amide bonds. The first-order valence-corrected chi connectivity index (χ1v) is 11.7. The Kier molecular flexibility index (Phi) is 5.23. The summed E-state index contributed by atoms with van der Waals surface area (Å²) >= 11 is 5.78. The van der Waals surface area contributed by atoms with Gasteiger partial charge in [-0.25, -0.2) is 0 Å². The zero-order chi connectivity index (χ0) is 22.8. The molecule has 4 fully saturated rings. The number of rotatable bonds is 3. The fourth-order valence-electron chi connectivity index (χ4n) is 6.39. The van der Waals surface area contributed by atoms with Gasteiger partial charge in [0.2, 0.25) is 0 Å². The maximum atomic E-state index is 13.5. The van der Waals surface area contributed by atoms with Crippen molar-refractivity contribution < 1.29 is 22.8 Å². The van der Waals surface area contributed by atoms with Crippen molar-refractivity contribution in [2.24, 2.45) is 23.7 Å². The number of fused-ring (bicyclic) bond motifs is 2. The van der Waals surface area contributed by atoms with Crippen molar-refractivity contribution in [3.63, 3.8) is 0 Å². The molecule has 0 spiro atoms. The SMILES string of the molecule is CCc1ccc(-c2ccc(Cl)c(C(F)(F)F)c2)cc1C1C(=O)[C@@H]2C3CCC(CC3)[C@@H]2C1=O. The first-order chi connectivity index (χ1) is 15.2. The lowest BCUT2D eigenvalue weighted by Gasteiger charge is -2.43. The fraction of sp³-hybridized carbons (Fsp3) is 0.462. The molecule has 0 N–H and O–H groups in total. The number of carbonyl (C=O) groups is 2. The highest BCUT2D eigenvalue weighted by molar-refractivity contribution is 6.31. The molecule has 6 rings (SSSR count). The lowest BCUT2D eigenvalue weighted by molar-refractivity contribution is -0.137. The average Bonchev–Trinajstić information content (AvgIpc) is 3.06. The zero-order valence-corrected chi connectivity index (χ0v) is 18.5. The molecule has 0 aliphatic heterocycles. The van der Waals surface area contributed by atoms with E-state index in [0.29, 0.717) is 34.9 Å². The minimum absolute atomic E-state index is 0.0216. The van der Waals surface area contributed by atoms with Crippen LogP contribution in [0.3, 0.4) is 0 Å². The number of benzene rings is 2. The highest BCUT2D eigenvalue weighted by Crippen LogP contribution is 2.56. The molecular formula is C26H24ClF3O2. The number of carbonyl (C=O) groups excluding carboxylic acids is 2. The normalized spacial score (nSPS) is 29.5. The van der Waals surface area contributed by atoms with E-state index in [2.05, 4.69) is 0 Å². The number of halogens is 4. The molecule has 3 atom stereocenters. The molecule has 0 aromatic heterocycles. The summed E-state index contributed by atoms with van der Waals surface area (Å²) in [7, 11) is 0. The van der Waals surface area contributed by atoms with Crippen LogP contribution in [0.25, 0.3) is 11.1 Å². The van der Waals surface area contributed by atoms with Crippen molar-refractivity contribution in [3.8, 4) is 11.1 Å². The number of hydrogen-bond acceptors (Lipinski definition) is 2. The van der Waals surface area contributed by atoms with E-state index in [4.69, 9.17) is 11.6 Å². The molecule has 2 bridgehead atoms. The molecule has 4 aliphatic carbocycles. The van der Waals surface area contributed by atoms with Crippen molar-refractivity contribution in [2.75, 3.05) is 0 Å². The van der Waals surface area contributed by atoms with Gasteiger partial charge in [0.15, 0.2) is 11.6 Å². The van der Waals surface area contributed by atoms with Gasteiger partial charge in [-0.05, 0) is 84.4 Å². The number of aryl methyl sites for hydroxylation is 1. The summed E-state index contributed by atoms with van der Waals surface area (Å²) in [6.45, 7) is 1.96. The van der Waals surface area contributed by atoms with E-state index in [9.17, 15) is 22.8 Å². The summed E-state index contributed by atoms with van der Waals surface area (Å²) in [5.41, 5.74) is 1.58. The molecule has 0 saturated heterocycles. The van der Waals surface area contributed by atoms with E-state index in [1.54, 1.807) is 18.2 Å². The van der Waals surface area contributed by atoms with E-state index in [0.717, 1.165) is 37.3 Å². The van der Waals surface area contributed by atoms with Crippen LogP contribution in [0.2, 0.25) is 5.02 Å². The Balaban J connectivity index is 1.58. The topological polar surface area (TPSA) is 34.1 Å². The predicted octanol–water partition coefficient (Wildman–Crippen LogP) is 6.88. The van der Waals surface area contributed by atoms with Gasteiger partial charge in [0, 0.05) is 11.8 Å². The van der Waals surface area contributed by atoms with Crippen molar-refractivity contribution in [1.29, 1.82) is 0 Å². The van der Waals surface area contributed by atoms with Crippen LogP contribution in [0.15, 0.2) is 36.4 Å². The van der Waals surface area contributed by atoms with Gasteiger partial charge in [0.25, 0.3) is 0 Å². The summed E-state index contributed by atoms with van der Waals surface area (Å²) in [5.74, 6) is -0.519. The summed E-state index contributed by atoms with van der Waals surface area (Å²) in [6.07, 6.45) is 0.147. The number of hydrogen-bond donors (Lipinski definition) is 0. The summed E-state index contributed by atoms with van der Waals surface area (Å²) in [4.78, 5) is 27.0. The largest absolute Gasteiger partial charge is 0.417 e. The molecule has 6 heteroatoms. The van der Waals surface area contributed by atoms with Crippen molar-refractivity contribution in [1.82, 2.24) is 0 Å². The molecule has 168 valence electrons. The third-order valence-electron chi connectivity index (χ3n) is 7.89. The Morgan fingerprint density at radius 3 is 1.94 bits per heavy atom. The van der Waals surface area contributed by atoms with Crippen LogP contribution < -0.4 is 0 Å². The van der Waals surface area contributed by atoms with Crippen molar-refractivity contribution in [2.45, 2.75) is 51.1 Å². The van der Waals surface area contributed by atoms with E-state index in [-0.39, 0.29) is 28.4 Å². The lowest BCUT2D eigenvalue weighted by atomic mass is 9.59. The first-order valence-electron chi connectivity index (χ1n) is 11.3. The van der Waals surface area contributed by atoms with Gasteiger partial charge >= 0.3 is 6.18 Å². The highest BCUT2D eigenvalue weighted by atomic mass is 35.5. The molecular weight excluding hydrogens is 437 g/mol. The maximum absolute atomic E-state index is 13.5. The van der Waals surface area contributed by atoms with Gasteiger partial charge in [-0.3, -0.25) is 9.59 Å². The molecule has 0 radical (unpaired) electrons. The second kappa shape index (κ2) is 7.72. The van der Waals surface area contributed by atoms with Gasteiger partial charge in [-0.2, -0.15) is 13.2 Å². The predicted molar refractivity (Wildman–Crippen MR) is 116 cm³/mol. The number of ketones is 2. The monoisotopic (exact) mass is 460 g/mol. The van der Waals surface area contributed by atoms with Gasteiger partial charge in [-0.15, -0.1) is 0 Å². The summed E-state index contributed by atoms with van der Waals surface area (Å²) in [5, 5.41) is -0.354. The van der Waals surface area contributed by atoms with Gasteiger partial charge in [0.05, 0.1) is 10.6 Å². The van der Waals surface area contributed by atoms with Crippen molar-refractivity contribution >= 4 is 23.2 Å². The van der Waals surface area contributed by atoms with Crippen LogP contribution in [-0.4, -0.2) is 11.6 Å². The van der Waals surface area contributed by atoms with Crippen molar-refractivity contribution in [3.05, 3.63) is 58.1 Å². The Hall–Kier alpha value is -2.14. The third-order valence-corrected chi connectivity index (χ3v) is 8.22. The molecule has 2 aromatic carbocycles. The van der Waals surface area contributed by atoms with E-state index in [1.165, 1.54) is 6.07 Å². The fourth-order valence-corrected chi connectivity index (χ4v) is 6.61. The Morgan fingerprint density at radius 2 is 1.41 bits per heavy atom. The minimum Gasteiger partial charge on any atom is -0.298 e. The smallest absolute Gasteiger partial charge is 0.298 e. The molecule has 4 saturated carbocycles. The standard InChI is InChI=1S/C26H24ClF3O2/c1-2-13-3-8-16(17-9-10-20(27)19(12-17)26(28,29)30)11-18(13)23-24(31)21-14-4-5-15(7-6-14)22(21)25(23)32/h3,8-12,14-15,21-23H,2,4-7H2,1H3/t14?,15?,21-,22+,23?. The quantitative estimate of drug-likeness (QED) is 0.468. The van der Waals surface area contributed by atoms with E-state index in [1.807, 2.05) is 13.0 Å². The van der Waals surface area contributed by atoms with Crippen LogP contribution in [0, 0.1) is 23.7 Å². The minimum atomic E-state index is -4.56. The Bertz CT molecular complexity index is 1070. The van der Waals surface area contributed by atoms with Gasteiger partial charge in [0.1, 0.15) is 5.92 Å². The number of alkyl halides is 3. The molecule has 1 unspecified atom stereocenters. The maximum Gasteiger partial charge on any atom is 0.417 e. The Labute approximate surface area is 190 Å².